The Kier molecular flexibility index (Phi) is 38.5. The number of aliphatic carboxylic acids is 2. The van der Waals surface area contributed by atoms with Gasteiger partial charge >= 0.3 is 11.9 Å². The molecule has 0 spiro atoms. The smallest absolute Gasteiger partial charge is 0.326 e. The minimum atomic E-state index is -1.18. The molecule has 18 nitrogen and oxygen atoms in total. The lowest BCUT2D eigenvalue weighted by Gasteiger charge is -2.14. The van der Waals surface area contributed by atoms with E-state index in [1.165, 1.54) is 44.9 Å². The molecule has 0 saturated carbocycles. The predicted octanol–water partition coefficient (Wildman–Crippen LogP) is 2.68. The van der Waals surface area contributed by atoms with Crippen LogP contribution in [0.1, 0.15) is 135 Å². The molecule has 0 aliphatic carbocycles. The molecule has 1 radical (unpaired) electrons. The van der Waals surface area contributed by atoms with Crippen LogP contribution in [0.5, 0.6) is 0 Å². The molecular formula is C41H74N5O13. The van der Waals surface area contributed by atoms with Gasteiger partial charge in [0.25, 0.3) is 0 Å². The molecule has 0 unspecified atom stereocenters. The molecule has 0 heterocycles. The molecule has 59 heavy (non-hydrogen) atoms. The highest BCUT2D eigenvalue weighted by molar-refractivity contribution is 5.84. The number of hydrogen-bond donors (Lipinski definition) is 7. The van der Waals surface area contributed by atoms with Crippen molar-refractivity contribution in [1.82, 2.24) is 21.3 Å². The van der Waals surface area contributed by atoms with Gasteiger partial charge in [0.05, 0.1) is 45.7 Å². The topological polar surface area (TPSA) is 271 Å². The highest BCUT2D eigenvalue weighted by Crippen LogP contribution is 2.14. The Morgan fingerprint density at radius 3 is 1.39 bits per heavy atom. The van der Waals surface area contributed by atoms with E-state index in [2.05, 4.69) is 21.3 Å². The van der Waals surface area contributed by atoms with Crippen molar-refractivity contribution in [3.63, 3.8) is 0 Å². The summed E-state index contributed by atoms with van der Waals surface area (Å²) >= 11 is 0. The van der Waals surface area contributed by atoms with Gasteiger partial charge in [-0.3, -0.25) is 28.8 Å². The van der Waals surface area contributed by atoms with Crippen LogP contribution in [0.4, 0.5) is 0 Å². The van der Waals surface area contributed by atoms with E-state index in [0.717, 1.165) is 38.5 Å². The molecule has 8 N–H and O–H groups in total. The number of nitrogens with two attached hydrogens (primary N) is 1. The maximum atomic E-state index is 12.3. The van der Waals surface area contributed by atoms with Gasteiger partial charge < -0.3 is 56.2 Å². The van der Waals surface area contributed by atoms with Crippen LogP contribution in [-0.2, 0) is 52.5 Å². The van der Waals surface area contributed by atoms with E-state index in [-0.39, 0.29) is 115 Å². The monoisotopic (exact) mass is 845 g/mol. The van der Waals surface area contributed by atoms with Gasteiger partial charge in [-0.1, -0.05) is 77.0 Å². The largest absolute Gasteiger partial charge is 0.481 e. The second-order valence-electron chi connectivity index (χ2n) is 14.4. The Labute approximate surface area is 350 Å². The van der Waals surface area contributed by atoms with Gasteiger partial charge in [0.1, 0.15) is 19.3 Å². The van der Waals surface area contributed by atoms with Crippen molar-refractivity contribution in [2.45, 2.75) is 147 Å². The lowest BCUT2D eigenvalue weighted by atomic mass is 10.0. The van der Waals surface area contributed by atoms with E-state index < -0.39 is 24.0 Å². The maximum Gasteiger partial charge on any atom is 0.326 e. The summed E-state index contributed by atoms with van der Waals surface area (Å²) in [6.45, 7) is 1.99. The number of carbonyl (C=O) groups is 6. The fraction of sp³-hybridized carbons (Fsp3) is 0.829. The van der Waals surface area contributed by atoms with Crippen LogP contribution < -0.4 is 27.0 Å². The summed E-state index contributed by atoms with van der Waals surface area (Å²) in [6, 6.07) is -1.73. The molecule has 0 rings (SSSR count). The van der Waals surface area contributed by atoms with E-state index in [1.807, 2.05) is 0 Å². The Bertz CT molecular complexity index is 1130. The molecule has 0 aliphatic rings. The average molecular weight is 845 g/mol. The maximum absolute atomic E-state index is 12.3. The minimum absolute atomic E-state index is 0.0276. The Morgan fingerprint density at radius 1 is 0.475 bits per heavy atom. The van der Waals surface area contributed by atoms with Gasteiger partial charge in [-0.2, -0.15) is 0 Å². The summed E-state index contributed by atoms with van der Waals surface area (Å²) in [6.07, 6.45) is 19.1. The summed E-state index contributed by atoms with van der Waals surface area (Å²) in [5.41, 5.74) is 5.45. The Morgan fingerprint density at radius 2 is 0.915 bits per heavy atom. The number of carbonyl (C=O) groups excluding carboxylic acids is 5. The fourth-order valence-electron chi connectivity index (χ4n) is 5.74. The van der Waals surface area contributed by atoms with Crippen molar-refractivity contribution in [3.8, 4) is 0 Å². The summed E-state index contributed by atoms with van der Waals surface area (Å²) in [5, 5.41) is 28.7. The second kappa shape index (κ2) is 41.0. The highest BCUT2D eigenvalue weighted by Gasteiger charge is 2.20. The van der Waals surface area contributed by atoms with Crippen LogP contribution >= 0.6 is 0 Å². The Hall–Kier alpha value is -3.71. The number of nitrogens with one attached hydrogen (secondary N) is 4. The first-order valence-corrected chi connectivity index (χ1v) is 21.5. The van der Waals surface area contributed by atoms with Gasteiger partial charge in [-0.05, 0) is 38.5 Å². The second-order valence-corrected chi connectivity index (χ2v) is 14.4. The highest BCUT2D eigenvalue weighted by atomic mass is 16.5. The lowest BCUT2D eigenvalue weighted by molar-refractivity contribution is -0.142. The quantitative estimate of drug-likeness (QED) is 0.0435. The van der Waals surface area contributed by atoms with Crippen molar-refractivity contribution < 1.29 is 62.7 Å². The number of rotatable bonds is 44. The van der Waals surface area contributed by atoms with Gasteiger partial charge in [-0.25, -0.2) is 4.79 Å². The van der Waals surface area contributed by atoms with Crippen molar-refractivity contribution in [3.05, 3.63) is 0 Å². The van der Waals surface area contributed by atoms with Crippen LogP contribution in [0.25, 0.3) is 0 Å². The molecule has 0 aliphatic heterocycles. The lowest BCUT2D eigenvalue weighted by Crippen LogP contribution is -2.41. The average Bonchev–Trinajstić information content (AvgIpc) is 3.20. The zero-order valence-electron chi connectivity index (χ0n) is 35.2. The zero-order chi connectivity index (χ0) is 43.6. The number of amides is 4. The molecule has 0 bridgehead atoms. The fourth-order valence-corrected chi connectivity index (χ4v) is 5.74. The third-order valence-corrected chi connectivity index (χ3v) is 9.10. The molecule has 2 atom stereocenters. The number of carboxylic acid groups (broad SMARTS) is 2. The van der Waals surface area contributed by atoms with Gasteiger partial charge in [0.2, 0.25) is 29.9 Å². The molecular weight excluding hydrogens is 770 g/mol. The molecule has 0 aromatic rings. The number of ether oxygens (including phenoxy) is 4. The normalized spacial score (nSPS) is 12.0. The van der Waals surface area contributed by atoms with Crippen LogP contribution in [-0.4, -0.2) is 137 Å². The zero-order valence-corrected chi connectivity index (χ0v) is 35.2. The molecule has 18 heteroatoms. The molecule has 341 valence electrons. The number of unbranched alkanes of at least 4 members (excludes halogenated alkanes) is 14. The van der Waals surface area contributed by atoms with E-state index >= 15 is 0 Å². The summed E-state index contributed by atoms with van der Waals surface area (Å²) in [7, 11) is 0. The van der Waals surface area contributed by atoms with E-state index in [1.54, 1.807) is 6.29 Å². The van der Waals surface area contributed by atoms with Gasteiger partial charge in [0.15, 0.2) is 0 Å². The van der Waals surface area contributed by atoms with Gasteiger partial charge in [0, 0.05) is 38.9 Å². The SMILES string of the molecule is N[C@H]([C]=O)CCCCNC(=O)COCCOCCNC(=O)COCCOCCNC(=O)CC[C@H](NC(=O)CCCCCCCCCCCCCCCCC(=O)O)C(=O)O. The van der Waals surface area contributed by atoms with Crippen molar-refractivity contribution in [2.24, 2.45) is 5.73 Å². The first-order valence-electron chi connectivity index (χ1n) is 21.5. The third-order valence-electron chi connectivity index (χ3n) is 9.10. The predicted molar refractivity (Wildman–Crippen MR) is 220 cm³/mol. The van der Waals surface area contributed by atoms with Crippen LogP contribution in [0.15, 0.2) is 0 Å². The molecule has 0 aromatic carbocycles. The van der Waals surface area contributed by atoms with Crippen molar-refractivity contribution in [1.29, 1.82) is 0 Å². The summed E-state index contributed by atoms with van der Waals surface area (Å²) in [5.74, 6) is -3.16. The van der Waals surface area contributed by atoms with Crippen LogP contribution in [0, 0.1) is 0 Å². The first kappa shape index (κ1) is 55.3. The van der Waals surface area contributed by atoms with Crippen LogP contribution in [0.3, 0.4) is 0 Å². The summed E-state index contributed by atoms with van der Waals surface area (Å²) < 4.78 is 21.2. The van der Waals surface area contributed by atoms with Crippen molar-refractivity contribution >= 4 is 41.9 Å². The van der Waals surface area contributed by atoms with Crippen LogP contribution in [0.2, 0.25) is 0 Å². The van der Waals surface area contributed by atoms with E-state index in [4.69, 9.17) is 29.8 Å². The molecule has 0 aromatic heterocycles. The van der Waals surface area contributed by atoms with Gasteiger partial charge in [-0.15, -0.1) is 0 Å². The standard InChI is InChI=1S/C41H74N5O13/c42-34(31-47)17-15-16-22-43-38(50)32-58-29-28-57-26-24-45-39(51)33-59-30-27-56-25-23-44-36(48)21-20-35(41(54)55)46-37(49)18-13-11-9-7-5-3-1-2-4-6-8-10-12-14-19-40(52)53/h34-35H,1-30,32-33,42H2,(H,43,50)(H,44,48)(H,45,51)(H,46,49)(H,52,53)(H,54,55)/t34-,35-/m0/s1. The molecule has 0 saturated heterocycles. The van der Waals surface area contributed by atoms with Crippen molar-refractivity contribution in [2.75, 3.05) is 72.5 Å². The summed E-state index contributed by atoms with van der Waals surface area (Å²) in [4.78, 5) is 80.5. The Balaban J connectivity index is 3.64. The first-order chi connectivity index (χ1) is 28.5. The molecule has 4 amide bonds. The number of carboxylic acids is 2. The van der Waals surface area contributed by atoms with E-state index in [9.17, 15) is 38.7 Å². The van der Waals surface area contributed by atoms with E-state index in [0.29, 0.717) is 32.2 Å². The third kappa shape index (κ3) is 40.8. The minimum Gasteiger partial charge on any atom is -0.481 e. The molecule has 0 fully saturated rings. The number of hydrogen-bond acceptors (Lipinski definition) is 12.